The Morgan fingerprint density at radius 1 is 1.35 bits per heavy atom. The van der Waals surface area contributed by atoms with Gasteiger partial charge in [0.1, 0.15) is 5.82 Å². The highest BCUT2D eigenvalue weighted by Gasteiger charge is 2.21. The highest BCUT2D eigenvalue weighted by molar-refractivity contribution is 5.91. The molecule has 0 amide bonds. The largest absolute Gasteiger partial charge is 0.476 e. The summed E-state index contributed by atoms with van der Waals surface area (Å²) in [5, 5.41) is 12.4. The van der Waals surface area contributed by atoms with Gasteiger partial charge in [-0.3, -0.25) is 0 Å². The highest BCUT2D eigenvalue weighted by Crippen LogP contribution is 2.26. The topological polar surface area (TPSA) is 75.1 Å². The minimum Gasteiger partial charge on any atom is -0.476 e. The summed E-state index contributed by atoms with van der Waals surface area (Å²) in [4.78, 5) is 19.7. The molecule has 0 fully saturated rings. The molecule has 112 valence electrons. The molecule has 1 aromatic heterocycles. The molecule has 20 heavy (non-hydrogen) atoms. The van der Waals surface area contributed by atoms with Crippen molar-refractivity contribution in [3.8, 4) is 0 Å². The van der Waals surface area contributed by atoms with Crippen LogP contribution in [0.25, 0.3) is 0 Å². The molecule has 1 heterocycles. The number of hydrogen-bond donors (Lipinski definition) is 2. The van der Waals surface area contributed by atoms with Gasteiger partial charge in [0.2, 0.25) is 0 Å². The Balaban J connectivity index is 2.93. The molecular formula is C15H25N3O2. The predicted molar refractivity (Wildman–Crippen MR) is 80.2 cm³/mol. The number of rotatable bonds is 5. The van der Waals surface area contributed by atoms with E-state index in [1.165, 1.54) is 0 Å². The molecule has 1 rings (SSSR count). The van der Waals surface area contributed by atoms with Crippen LogP contribution in [-0.4, -0.2) is 27.6 Å². The fourth-order valence-electron chi connectivity index (χ4n) is 1.54. The van der Waals surface area contributed by atoms with E-state index in [-0.39, 0.29) is 17.0 Å². The molecule has 0 aliphatic rings. The van der Waals surface area contributed by atoms with Crippen LogP contribution < -0.4 is 5.32 Å². The Hall–Kier alpha value is -1.65. The molecule has 0 spiro atoms. The first-order valence-corrected chi connectivity index (χ1v) is 6.97. The van der Waals surface area contributed by atoms with E-state index < -0.39 is 5.97 Å². The summed E-state index contributed by atoms with van der Waals surface area (Å²) in [5.74, 6) is 0.0293. The minimum absolute atomic E-state index is 0.0461. The van der Waals surface area contributed by atoms with Crippen molar-refractivity contribution in [3.05, 3.63) is 17.7 Å². The Bertz CT molecular complexity index is 478. The molecule has 5 heteroatoms. The molecule has 1 aromatic rings. The average molecular weight is 279 g/mol. The Morgan fingerprint density at radius 3 is 2.40 bits per heavy atom. The molecule has 0 aliphatic carbocycles. The van der Waals surface area contributed by atoms with Crippen molar-refractivity contribution in [1.29, 1.82) is 0 Å². The van der Waals surface area contributed by atoms with Crippen LogP contribution in [0.3, 0.4) is 0 Å². The van der Waals surface area contributed by atoms with Gasteiger partial charge in [-0.1, -0.05) is 41.5 Å². The van der Waals surface area contributed by atoms with Gasteiger partial charge >= 0.3 is 5.97 Å². The molecule has 0 aliphatic heterocycles. The van der Waals surface area contributed by atoms with Gasteiger partial charge in [-0.15, -0.1) is 0 Å². The van der Waals surface area contributed by atoms with Crippen molar-refractivity contribution >= 4 is 11.7 Å². The van der Waals surface area contributed by atoms with Gasteiger partial charge in [-0.2, -0.15) is 0 Å². The molecule has 5 nitrogen and oxygen atoms in total. The lowest BCUT2D eigenvalue weighted by atomic mass is 9.82. The van der Waals surface area contributed by atoms with E-state index in [0.717, 1.165) is 0 Å². The Labute approximate surface area is 120 Å². The number of carbonyl (C=O) groups is 1. The van der Waals surface area contributed by atoms with Gasteiger partial charge in [0.15, 0.2) is 5.69 Å². The number of nitrogens with one attached hydrogen (secondary N) is 1. The standard InChI is InChI=1S/C15H25N3O2/c1-9(2)13-17-8-11(12(18-13)14(19)20)16-7-10(3)15(4,5)6/h8-10,16H,7H2,1-6H3,(H,19,20). The van der Waals surface area contributed by atoms with Crippen LogP contribution in [-0.2, 0) is 0 Å². The lowest BCUT2D eigenvalue weighted by Gasteiger charge is -2.27. The number of carboxylic acids is 1. The van der Waals surface area contributed by atoms with Crippen LogP contribution in [0, 0.1) is 11.3 Å². The fraction of sp³-hybridized carbons (Fsp3) is 0.667. The van der Waals surface area contributed by atoms with E-state index in [9.17, 15) is 9.90 Å². The van der Waals surface area contributed by atoms with E-state index in [1.54, 1.807) is 6.20 Å². The second kappa shape index (κ2) is 6.20. The SMILES string of the molecule is CC(C)c1ncc(NCC(C)C(C)(C)C)c(C(=O)O)n1. The van der Waals surface area contributed by atoms with Crippen LogP contribution in [0.15, 0.2) is 6.20 Å². The maximum atomic E-state index is 11.3. The summed E-state index contributed by atoms with van der Waals surface area (Å²) < 4.78 is 0. The molecule has 0 aromatic carbocycles. The summed E-state index contributed by atoms with van der Waals surface area (Å²) in [6.07, 6.45) is 1.57. The number of carboxylic acid groups (broad SMARTS) is 1. The Kier molecular flexibility index (Phi) is 5.09. The number of anilines is 1. The maximum Gasteiger partial charge on any atom is 0.356 e. The normalized spacial score (nSPS) is 13.3. The number of aromatic nitrogens is 2. The summed E-state index contributed by atoms with van der Waals surface area (Å²) in [6.45, 7) is 13.2. The minimum atomic E-state index is -1.03. The first-order chi connectivity index (χ1) is 9.12. The molecule has 0 bridgehead atoms. The number of nitrogens with zero attached hydrogens (tertiary/aromatic N) is 2. The van der Waals surface area contributed by atoms with Crippen molar-refractivity contribution in [2.45, 2.75) is 47.5 Å². The zero-order valence-electron chi connectivity index (χ0n) is 13.2. The first-order valence-electron chi connectivity index (χ1n) is 6.97. The van der Waals surface area contributed by atoms with Crippen LogP contribution in [0.1, 0.15) is 63.8 Å². The second-order valence-corrected chi connectivity index (χ2v) is 6.60. The molecular weight excluding hydrogens is 254 g/mol. The van der Waals surface area contributed by atoms with Crippen LogP contribution in [0.4, 0.5) is 5.69 Å². The molecule has 0 radical (unpaired) electrons. The van der Waals surface area contributed by atoms with Gasteiger partial charge in [0.05, 0.1) is 11.9 Å². The van der Waals surface area contributed by atoms with Gasteiger partial charge in [0, 0.05) is 12.5 Å². The van der Waals surface area contributed by atoms with Crippen molar-refractivity contribution < 1.29 is 9.90 Å². The lowest BCUT2D eigenvalue weighted by Crippen LogP contribution is -2.25. The molecule has 1 unspecified atom stereocenters. The third-order valence-corrected chi connectivity index (χ3v) is 3.60. The van der Waals surface area contributed by atoms with Crippen LogP contribution >= 0.6 is 0 Å². The van der Waals surface area contributed by atoms with Crippen molar-refractivity contribution in [2.75, 3.05) is 11.9 Å². The van der Waals surface area contributed by atoms with Gasteiger partial charge < -0.3 is 10.4 Å². The zero-order valence-corrected chi connectivity index (χ0v) is 13.2. The third kappa shape index (κ3) is 4.18. The quantitative estimate of drug-likeness (QED) is 0.864. The van der Waals surface area contributed by atoms with E-state index >= 15 is 0 Å². The summed E-state index contributed by atoms with van der Waals surface area (Å²) in [6, 6.07) is 0. The monoisotopic (exact) mass is 279 g/mol. The summed E-state index contributed by atoms with van der Waals surface area (Å²) >= 11 is 0. The Morgan fingerprint density at radius 2 is 1.95 bits per heavy atom. The summed E-state index contributed by atoms with van der Waals surface area (Å²) in [5.41, 5.74) is 0.692. The van der Waals surface area contributed by atoms with E-state index in [0.29, 0.717) is 24.0 Å². The molecule has 0 saturated carbocycles. The van der Waals surface area contributed by atoms with E-state index in [4.69, 9.17) is 0 Å². The van der Waals surface area contributed by atoms with Crippen molar-refractivity contribution in [2.24, 2.45) is 11.3 Å². The zero-order chi connectivity index (χ0) is 15.5. The molecule has 2 N–H and O–H groups in total. The van der Waals surface area contributed by atoms with E-state index in [1.807, 2.05) is 13.8 Å². The number of hydrogen-bond acceptors (Lipinski definition) is 4. The molecule has 0 saturated heterocycles. The smallest absolute Gasteiger partial charge is 0.356 e. The number of aromatic carboxylic acids is 1. The van der Waals surface area contributed by atoms with Crippen LogP contribution in [0.2, 0.25) is 0 Å². The van der Waals surface area contributed by atoms with Crippen molar-refractivity contribution in [3.63, 3.8) is 0 Å². The van der Waals surface area contributed by atoms with E-state index in [2.05, 4.69) is 43.0 Å². The van der Waals surface area contributed by atoms with Gasteiger partial charge in [0.25, 0.3) is 0 Å². The van der Waals surface area contributed by atoms with Gasteiger partial charge in [-0.25, -0.2) is 14.8 Å². The third-order valence-electron chi connectivity index (χ3n) is 3.60. The lowest BCUT2D eigenvalue weighted by molar-refractivity contribution is 0.0691. The van der Waals surface area contributed by atoms with Crippen LogP contribution in [0.5, 0.6) is 0 Å². The van der Waals surface area contributed by atoms with Crippen molar-refractivity contribution in [1.82, 2.24) is 9.97 Å². The average Bonchev–Trinajstić information content (AvgIpc) is 2.34. The fourth-order valence-corrected chi connectivity index (χ4v) is 1.54. The second-order valence-electron chi connectivity index (χ2n) is 6.60. The predicted octanol–water partition coefficient (Wildman–Crippen LogP) is 3.39. The summed E-state index contributed by atoms with van der Waals surface area (Å²) in [7, 11) is 0. The maximum absolute atomic E-state index is 11.3. The van der Waals surface area contributed by atoms with Gasteiger partial charge in [-0.05, 0) is 11.3 Å². The molecule has 1 atom stereocenters. The first kappa shape index (κ1) is 16.4. The highest BCUT2D eigenvalue weighted by atomic mass is 16.4.